The number of methoxy groups -OCH3 is 2. The molecule has 0 aromatic heterocycles. The average molecular weight is 415 g/mol. The summed E-state index contributed by atoms with van der Waals surface area (Å²) in [6.07, 6.45) is 0. The topological polar surface area (TPSA) is 83.1 Å². The normalized spacial score (nSPS) is 11.4. The Kier molecular flexibility index (Phi) is 8.09. The van der Waals surface area contributed by atoms with E-state index in [0.717, 1.165) is 22.3 Å². The first kappa shape index (κ1) is 23.1. The van der Waals surface area contributed by atoms with Crippen molar-refractivity contribution in [2.24, 2.45) is 0 Å². The van der Waals surface area contributed by atoms with E-state index in [2.05, 4.69) is 5.32 Å². The Bertz CT molecular complexity index is 886. The van der Waals surface area contributed by atoms with Crippen molar-refractivity contribution in [3.05, 3.63) is 52.6 Å². The van der Waals surface area contributed by atoms with Crippen LogP contribution < -0.4 is 19.5 Å². The lowest BCUT2D eigenvalue weighted by molar-refractivity contribution is -0.150. The summed E-state index contributed by atoms with van der Waals surface area (Å²) >= 11 is 0. The number of nitrogens with one attached hydrogen (secondary N) is 1. The van der Waals surface area contributed by atoms with Crippen molar-refractivity contribution in [1.82, 2.24) is 5.32 Å². The van der Waals surface area contributed by atoms with Gasteiger partial charge in [-0.2, -0.15) is 0 Å². The fourth-order valence-electron chi connectivity index (χ4n) is 3.25. The number of hydrogen-bond acceptors (Lipinski definition) is 6. The molecule has 7 heteroatoms. The highest BCUT2D eigenvalue weighted by molar-refractivity contribution is 5.81. The number of aryl methyl sites for hydroxylation is 3. The summed E-state index contributed by atoms with van der Waals surface area (Å²) in [7, 11) is 3.12. The van der Waals surface area contributed by atoms with Gasteiger partial charge < -0.3 is 24.3 Å². The standard InChI is InChI=1S/C23H29NO6/c1-14-9-15(2)23(16(3)10-14)30-13-22(26)29-12-21(25)24-17(4)19-11-18(27-5)7-8-20(19)28-6/h7-11,17H,12-13H2,1-6H3,(H,24,25)/t17-/m1/s1. The third kappa shape index (κ3) is 6.14. The Balaban J connectivity index is 1.86. The van der Waals surface area contributed by atoms with Crippen LogP contribution in [-0.4, -0.2) is 39.3 Å². The Hall–Kier alpha value is -3.22. The van der Waals surface area contributed by atoms with Crippen molar-refractivity contribution >= 4 is 11.9 Å². The first-order chi connectivity index (χ1) is 14.2. The number of hydrogen-bond donors (Lipinski definition) is 1. The van der Waals surface area contributed by atoms with Crippen molar-refractivity contribution in [3.63, 3.8) is 0 Å². The molecule has 0 saturated carbocycles. The maximum Gasteiger partial charge on any atom is 0.344 e. The molecule has 0 bridgehead atoms. The van der Waals surface area contributed by atoms with Crippen LogP contribution in [0.15, 0.2) is 30.3 Å². The van der Waals surface area contributed by atoms with Gasteiger partial charge in [0.05, 0.1) is 20.3 Å². The van der Waals surface area contributed by atoms with E-state index in [1.807, 2.05) is 39.8 Å². The van der Waals surface area contributed by atoms with Crippen molar-refractivity contribution in [2.75, 3.05) is 27.4 Å². The van der Waals surface area contributed by atoms with Gasteiger partial charge in [-0.3, -0.25) is 4.79 Å². The molecule has 1 amide bonds. The smallest absolute Gasteiger partial charge is 0.344 e. The highest BCUT2D eigenvalue weighted by Crippen LogP contribution is 2.29. The van der Waals surface area contributed by atoms with Crippen LogP contribution in [0.3, 0.4) is 0 Å². The molecule has 0 aliphatic heterocycles. The molecule has 0 radical (unpaired) electrons. The van der Waals surface area contributed by atoms with E-state index in [-0.39, 0.29) is 12.6 Å². The van der Waals surface area contributed by atoms with Gasteiger partial charge >= 0.3 is 5.97 Å². The van der Waals surface area contributed by atoms with Crippen molar-refractivity contribution < 1.29 is 28.5 Å². The third-order valence-electron chi connectivity index (χ3n) is 4.58. The molecule has 0 aliphatic carbocycles. The van der Waals surface area contributed by atoms with E-state index in [0.29, 0.717) is 17.2 Å². The summed E-state index contributed by atoms with van der Waals surface area (Å²) in [6, 6.07) is 8.93. The van der Waals surface area contributed by atoms with E-state index in [1.165, 1.54) is 0 Å². The fourth-order valence-corrected chi connectivity index (χ4v) is 3.25. The molecule has 0 fully saturated rings. The first-order valence-electron chi connectivity index (χ1n) is 9.62. The SMILES string of the molecule is COc1ccc(OC)c([C@@H](C)NC(=O)COC(=O)COc2c(C)cc(C)cc2C)c1. The Morgan fingerprint density at radius 1 is 0.967 bits per heavy atom. The zero-order chi connectivity index (χ0) is 22.3. The van der Waals surface area contributed by atoms with E-state index >= 15 is 0 Å². The summed E-state index contributed by atoms with van der Waals surface area (Å²) in [6.45, 7) is 6.98. The van der Waals surface area contributed by atoms with Gasteiger partial charge in [0.1, 0.15) is 17.2 Å². The Labute approximate surface area is 177 Å². The minimum Gasteiger partial charge on any atom is -0.497 e. The Morgan fingerprint density at radius 2 is 1.63 bits per heavy atom. The van der Waals surface area contributed by atoms with Crippen LogP contribution in [0.5, 0.6) is 17.2 Å². The minimum atomic E-state index is -0.615. The molecule has 162 valence electrons. The van der Waals surface area contributed by atoms with E-state index in [4.69, 9.17) is 18.9 Å². The van der Waals surface area contributed by atoms with Crippen molar-refractivity contribution in [3.8, 4) is 17.2 Å². The van der Waals surface area contributed by atoms with E-state index in [1.54, 1.807) is 32.4 Å². The van der Waals surface area contributed by atoms with Crippen LogP contribution in [-0.2, 0) is 14.3 Å². The maximum atomic E-state index is 12.2. The number of carbonyl (C=O) groups excluding carboxylic acids is 2. The summed E-state index contributed by atoms with van der Waals surface area (Å²) in [4.78, 5) is 24.2. The molecule has 0 spiro atoms. The van der Waals surface area contributed by atoms with Gasteiger partial charge in [0.15, 0.2) is 13.2 Å². The number of amides is 1. The van der Waals surface area contributed by atoms with Gasteiger partial charge in [-0.15, -0.1) is 0 Å². The lowest BCUT2D eigenvalue weighted by atomic mass is 10.1. The summed E-state index contributed by atoms with van der Waals surface area (Å²) in [5.74, 6) is 0.885. The molecule has 2 aromatic rings. The highest BCUT2D eigenvalue weighted by Gasteiger charge is 2.17. The lowest BCUT2D eigenvalue weighted by Crippen LogP contribution is -2.32. The molecule has 2 rings (SSSR count). The number of rotatable bonds is 9. The average Bonchev–Trinajstić information content (AvgIpc) is 2.70. The molecule has 0 aliphatic rings. The maximum absolute atomic E-state index is 12.2. The van der Waals surface area contributed by atoms with Crippen LogP contribution in [0.25, 0.3) is 0 Å². The van der Waals surface area contributed by atoms with Gasteiger partial charge in [0.25, 0.3) is 5.91 Å². The van der Waals surface area contributed by atoms with Gasteiger partial charge in [0.2, 0.25) is 0 Å². The molecule has 0 saturated heterocycles. The van der Waals surface area contributed by atoms with Gasteiger partial charge in [-0.05, 0) is 57.0 Å². The molecule has 7 nitrogen and oxygen atoms in total. The monoisotopic (exact) mass is 415 g/mol. The molecular formula is C23H29NO6. The second kappa shape index (κ2) is 10.5. The molecular weight excluding hydrogens is 386 g/mol. The van der Waals surface area contributed by atoms with Crippen LogP contribution in [0, 0.1) is 20.8 Å². The Morgan fingerprint density at radius 3 is 2.23 bits per heavy atom. The molecule has 0 unspecified atom stereocenters. The summed E-state index contributed by atoms with van der Waals surface area (Å²) in [5, 5.41) is 2.78. The predicted molar refractivity (Wildman–Crippen MR) is 113 cm³/mol. The van der Waals surface area contributed by atoms with Crippen LogP contribution >= 0.6 is 0 Å². The largest absolute Gasteiger partial charge is 0.497 e. The van der Waals surface area contributed by atoms with Gasteiger partial charge in [-0.25, -0.2) is 4.79 Å². The van der Waals surface area contributed by atoms with Gasteiger partial charge in [0, 0.05) is 5.56 Å². The first-order valence-corrected chi connectivity index (χ1v) is 9.62. The van der Waals surface area contributed by atoms with Crippen LogP contribution in [0.2, 0.25) is 0 Å². The second-order valence-corrected chi connectivity index (χ2v) is 7.07. The van der Waals surface area contributed by atoms with Crippen LogP contribution in [0.1, 0.15) is 35.2 Å². The van der Waals surface area contributed by atoms with Crippen molar-refractivity contribution in [1.29, 1.82) is 0 Å². The van der Waals surface area contributed by atoms with Crippen LogP contribution in [0.4, 0.5) is 0 Å². The van der Waals surface area contributed by atoms with E-state index < -0.39 is 18.5 Å². The second-order valence-electron chi connectivity index (χ2n) is 7.07. The van der Waals surface area contributed by atoms with Gasteiger partial charge in [-0.1, -0.05) is 17.7 Å². The molecule has 0 heterocycles. The molecule has 1 N–H and O–H groups in total. The minimum absolute atomic E-state index is 0.267. The summed E-state index contributed by atoms with van der Waals surface area (Å²) < 4.78 is 21.2. The highest BCUT2D eigenvalue weighted by atomic mass is 16.6. The number of ether oxygens (including phenoxy) is 4. The quantitative estimate of drug-likeness (QED) is 0.632. The predicted octanol–water partition coefficient (Wildman–Crippen LogP) is 3.43. The van der Waals surface area contributed by atoms with Crippen molar-refractivity contribution in [2.45, 2.75) is 33.7 Å². The number of benzene rings is 2. The molecule has 30 heavy (non-hydrogen) atoms. The summed E-state index contributed by atoms with van der Waals surface area (Å²) in [5.41, 5.74) is 3.77. The third-order valence-corrected chi connectivity index (χ3v) is 4.58. The fraction of sp³-hybridized carbons (Fsp3) is 0.391. The zero-order valence-corrected chi connectivity index (χ0v) is 18.3. The number of esters is 1. The zero-order valence-electron chi connectivity index (χ0n) is 18.3. The number of carbonyl (C=O) groups is 2. The lowest BCUT2D eigenvalue weighted by Gasteiger charge is -2.18. The van der Waals surface area contributed by atoms with E-state index in [9.17, 15) is 9.59 Å². The molecule has 1 atom stereocenters. The molecule has 2 aromatic carbocycles.